The number of nitrogens with one attached hydrogen (secondary N) is 1. The highest BCUT2D eigenvalue weighted by molar-refractivity contribution is 9.10. The molecule has 1 aromatic carbocycles. The maximum Gasteiger partial charge on any atom is 0.240 e. The molecule has 3 N–H and O–H groups in total. The Balaban J connectivity index is 0.00000289. The third kappa shape index (κ3) is 5.19. The Morgan fingerprint density at radius 1 is 1.44 bits per heavy atom. The number of hydrogen-bond donors (Lipinski definition) is 2. The largest absolute Gasteiger partial charge is 0.324 e. The van der Waals surface area contributed by atoms with Gasteiger partial charge in [0.05, 0.1) is 9.37 Å². The molecule has 104 valence electrons. The van der Waals surface area contributed by atoms with Gasteiger partial charge < -0.3 is 5.73 Å². The summed E-state index contributed by atoms with van der Waals surface area (Å²) in [6.45, 7) is 3.46. The van der Waals surface area contributed by atoms with Crippen molar-refractivity contribution in [2.75, 3.05) is 6.54 Å². The summed E-state index contributed by atoms with van der Waals surface area (Å²) in [4.78, 5) is -0.123. The third-order valence-electron chi connectivity index (χ3n) is 1.92. The second-order valence-corrected chi connectivity index (χ2v) is 7.01. The van der Waals surface area contributed by atoms with E-state index in [4.69, 9.17) is 5.73 Å². The van der Waals surface area contributed by atoms with Crippen LogP contribution in [0.15, 0.2) is 27.6 Å². The molecule has 0 saturated heterocycles. The Morgan fingerprint density at radius 2 is 2.00 bits per heavy atom. The van der Waals surface area contributed by atoms with Gasteiger partial charge in [-0.25, -0.2) is 17.5 Å². The fraction of sp³-hybridized carbons (Fsp3) is 0.400. The van der Waals surface area contributed by atoms with Crippen LogP contribution >= 0.6 is 28.3 Å². The van der Waals surface area contributed by atoms with Gasteiger partial charge in [0.15, 0.2) is 0 Å². The molecule has 0 aliphatic heterocycles. The lowest BCUT2D eigenvalue weighted by Gasteiger charge is -2.18. The van der Waals surface area contributed by atoms with Crippen molar-refractivity contribution in [3.63, 3.8) is 0 Å². The van der Waals surface area contributed by atoms with Gasteiger partial charge in [-0.3, -0.25) is 0 Å². The molecule has 0 heterocycles. The van der Waals surface area contributed by atoms with Crippen LogP contribution in [0.1, 0.15) is 13.8 Å². The molecular formula is C10H15BrClFN2O2S. The van der Waals surface area contributed by atoms with Crippen LogP contribution in [0.2, 0.25) is 0 Å². The van der Waals surface area contributed by atoms with Crippen molar-refractivity contribution in [1.29, 1.82) is 0 Å². The molecule has 0 aromatic heterocycles. The Labute approximate surface area is 121 Å². The van der Waals surface area contributed by atoms with E-state index in [0.29, 0.717) is 0 Å². The highest BCUT2D eigenvalue weighted by Crippen LogP contribution is 2.19. The van der Waals surface area contributed by atoms with Crippen molar-refractivity contribution in [3.05, 3.63) is 28.5 Å². The van der Waals surface area contributed by atoms with Gasteiger partial charge >= 0.3 is 0 Å². The smallest absolute Gasteiger partial charge is 0.240 e. The molecule has 0 saturated carbocycles. The molecule has 4 nitrogen and oxygen atoms in total. The number of hydrogen-bond acceptors (Lipinski definition) is 3. The number of sulfonamides is 1. The molecule has 18 heavy (non-hydrogen) atoms. The maximum atomic E-state index is 13.2. The Kier molecular flexibility index (Phi) is 6.22. The van der Waals surface area contributed by atoms with E-state index in [9.17, 15) is 12.8 Å². The number of rotatable bonds is 4. The summed E-state index contributed by atoms with van der Waals surface area (Å²) in [5, 5.41) is 0. The molecule has 0 unspecified atom stereocenters. The second-order valence-electron chi connectivity index (χ2n) is 4.39. The van der Waals surface area contributed by atoms with Gasteiger partial charge in [0, 0.05) is 12.1 Å². The topological polar surface area (TPSA) is 72.2 Å². The van der Waals surface area contributed by atoms with E-state index in [1.807, 2.05) is 0 Å². The van der Waals surface area contributed by atoms with Crippen LogP contribution in [0, 0.1) is 5.82 Å². The average molecular weight is 362 g/mol. The highest BCUT2D eigenvalue weighted by atomic mass is 79.9. The summed E-state index contributed by atoms with van der Waals surface area (Å²) >= 11 is 2.96. The monoisotopic (exact) mass is 360 g/mol. The van der Waals surface area contributed by atoms with Gasteiger partial charge in [-0.05, 0) is 48.0 Å². The van der Waals surface area contributed by atoms with E-state index in [-0.39, 0.29) is 28.3 Å². The zero-order valence-electron chi connectivity index (χ0n) is 9.91. The minimum absolute atomic E-state index is 0. The predicted octanol–water partition coefficient (Wildman–Crippen LogP) is 2.03. The average Bonchev–Trinajstić information content (AvgIpc) is 2.18. The van der Waals surface area contributed by atoms with E-state index in [1.165, 1.54) is 12.1 Å². The fourth-order valence-corrected chi connectivity index (χ4v) is 2.49. The van der Waals surface area contributed by atoms with E-state index in [0.717, 1.165) is 6.07 Å². The van der Waals surface area contributed by atoms with Gasteiger partial charge in [0.25, 0.3) is 0 Å². The van der Waals surface area contributed by atoms with E-state index in [1.54, 1.807) is 13.8 Å². The van der Waals surface area contributed by atoms with E-state index in [2.05, 4.69) is 20.7 Å². The van der Waals surface area contributed by atoms with Crippen molar-refractivity contribution in [1.82, 2.24) is 4.72 Å². The molecule has 0 amide bonds. The first-order valence-corrected chi connectivity index (χ1v) is 7.13. The van der Waals surface area contributed by atoms with Crippen LogP contribution < -0.4 is 10.5 Å². The Morgan fingerprint density at radius 3 is 2.44 bits per heavy atom. The van der Waals surface area contributed by atoms with Gasteiger partial charge in [-0.2, -0.15) is 0 Å². The molecule has 0 spiro atoms. The van der Waals surface area contributed by atoms with Crippen LogP contribution in [0.25, 0.3) is 0 Å². The summed E-state index contributed by atoms with van der Waals surface area (Å²) < 4.78 is 39.4. The lowest BCUT2D eigenvalue weighted by atomic mass is 10.1. The SMILES string of the molecule is CC(C)(N)CNS(=O)(=O)c1ccc(Br)c(F)c1.Cl. The molecule has 0 radical (unpaired) electrons. The molecule has 0 aliphatic carbocycles. The molecule has 0 aliphatic rings. The quantitative estimate of drug-likeness (QED) is 0.862. The van der Waals surface area contributed by atoms with Crippen LogP contribution in [0.3, 0.4) is 0 Å². The number of halogens is 3. The van der Waals surface area contributed by atoms with Gasteiger partial charge in [0.1, 0.15) is 5.82 Å². The maximum absolute atomic E-state index is 13.2. The minimum atomic E-state index is -3.72. The summed E-state index contributed by atoms with van der Waals surface area (Å²) in [6.07, 6.45) is 0. The van der Waals surface area contributed by atoms with E-state index < -0.39 is 21.4 Å². The molecular weight excluding hydrogens is 347 g/mol. The molecule has 8 heteroatoms. The first-order chi connectivity index (χ1) is 7.62. The standard InChI is InChI=1S/C10H14BrFN2O2S.ClH/c1-10(2,13)6-14-17(15,16)7-3-4-8(11)9(12)5-7;/h3-5,14H,6,13H2,1-2H3;1H. The fourth-order valence-electron chi connectivity index (χ4n) is 1.01. The van der Waals surface area contributed by atoms with Crippen molar-refractivity contribution in [2.45, 2.75) is 24.3 Å². The third-order valence-corrected chi connectivity index (χ3v) is 3.96. The first-order valence-electron chi connectivity index (χ1n) is 4.85. The van der Waals surface area contributed by atoms with Crippen molar-refractivity contribution < 1.29 is 12.8 Å². The Hall–Kier alpha value is -0.210. The van der Waals surface area contributed by atoms with Crippen LogP contribution in [-0.4, -0.2) is 20.5 Å². The zero-order valence-corrected chi connectivity index (χ0v) is 13.1. The molecule has 0 fully saturated rings. The lowest BCUT2D eigenvalue weighted by Crippen LogP contribution is -2.45. The molecule has 0 bridgehead atoms. The summed E-state index contributed by atoms with van der Waals surface area (Å²) in [5.74, 6) is -0.625. The Bertz CT molecular complexity index is 517. The minimum Gasteiger partial charge on any atom is -0.324 e. The van der Waals surface area contributed by atoms with Crippen molar-refractivity contribution in [3.8, 4) is 0 Å². The van der Waals surface area contributed by atoms with Gasteiger partial charge in [0.2, 0.25) is 10.0 Å². The summed E-state index contributed by atoms with van der Waals surface area (Å²) in [7, 11) is -3.72. The van der Waals surface area contributed by atoms with Crippen LogP contribution in [-0.2, 0) is 10.0 Å². The normalized spacial score (nSPS) is 12.1. The summed E-state index contributed by atoms with van der Waals surface area (Å²) in [6, 6.07) is 3.62. The summed E-state index contributed by atoms with van der Waals surface area (Å²) in [5.41, 5.74) is 5.00. The van der Waals surface area contributed by atoms with Crippen LogP contribution in [0.5, 0.6) is 0 Å². The molecule has 0 atom stereocenters. The van der Waals surface area contributed by atoms with E-state index >= 15 is 0 Å². The highest BCUT2D eigenvalue weighted by Gasteiger charge is 2.19. The second kappa shape index (κ2) is 6.29. The first kappa shape index (κ1) is 17.8. The predicted molar refractivity (Wildman–Crippen MR) is 74.8 cm³/mol. The van der Waals surface area contributed by atoms with Gasteiger partial charge in [-0.15, -0.1) is 12.4 Å². The zero-order chi connectivity index (χ0) is 13.3. The van der Waals surface area contributed by atoms with Gasteiger partial charge in [-0.1, -0.05) is 0 Å². The lowest BCUT2D eigenvalue weighted by molar-refractivity contribution is 0.497. The number of nitrogens with two attached hydrogens (primary N) is 1. The van der Waals surface area contributed by atoms with Crippen LogP contribution in [0.4, 0.5) is 4.39 Å². The number of benzene rings is 1. The van der Waals surface area contributed by atoms with Crippen molar-refractivity contribution in [2.24, 2.45) is 5.73 Å². The molecule has 1 aromatic rings. The van der Waals surface area contributed by atoms with Crippen molar-refractivity contribution >= 4 is 38.4 Å². The molecule has 1 rings (SSSR count).